The standard InChI is InChI=1S/C19H22ClFN4O3/c1-10(2)18(26)23-17-8-16(24-25-17)11-6-12(7-11)28-19(27)22-9-13-14(20)4-3-5-15(13)21/h3-5,8,10-12H,6-7,9H2,1-2H3,(H,22,27)(H2,23,24,25,26). The second-order valence-electron chi connectivity index (χ2n) is 7.10. The number of H-pyrrole nitrogens is 1. The monoisotopic (exact) mass is 408 g/mol. The minimum Gasteiger partial charge on any atom is -0.446 e. The van der Waals surface area contributed by atoms with Crippen molar-refractivity contribution in [2.75, 3.05) is 5.32 Å². The second-order valence-corrected chi connectivity index (χ2v) is 7.51. The molecule has 0 saturated heterocycles. The van der Waals surface area contributed by atoms with E-state index in [2.05, 4.69) is 20.8 Å². The molecule has 150 valence electrons. The highest BCUT2D eigenvalue weighted by molar-refractivity contribution is 6.31. The number of hydrogen-bond acceptors (Lipinski definition) is 4. The molecular weight excluding hydrogens is 387 g/mol. The summed E-state index contributed by atoms with van der Waals surface area (Å²) < 4.78 is 19.0. The summed E-state index contributed by atoms with van der Waals surface area (Å²) in [5, 5.41) is 12.5. The molecule has 0 bridgehead atoms. The quantitative estimate of drug-likeness (QED) is 0.673. The van der Waals surface area contributed by atoms with Crippen molar-refractivity contribution in [2.45, 2.75) is 45.3 Å². The molecule has 1 saturated carbocycles. The fourth-order valence-electron chi connectivity index (χ4n) is 2.85. The van der Waals surface area contributed by atoms with Crippen LogP contribution in [0.25, 0.3) is 0 Å². The van der Waals surface area contributed by atoms with Crippen LogP contribution in [0.4, 0.5) is 15.0 Å². The number of amides is 2. The summed E-state index contributed by atoms with van der Waals surface area (Å²) in [6, 6.07) is 6.14. The molecule has 3 rings (SSSR count). The van der Waals surface area contributed by atoms with Gasteiger partial charge in [-0.1, -0.05) is 31.5 Å². The van der Waals surface area contributed by atoms with Crippen LogP contribution in [0.2, 0.25) is 5.02 Å². The van der Waals surface area contributed by atoms with Crippen LogP contribution in [0.15, 0.2) is 24.3 Å². The van der Waals surface area contributed by atoms with Gasteiger partial charge in [0.25, 0.3) is 0 Å². The first-order chi connectivity index (χ1) is 13.3. The summed E-state index contributed by atoms with van der Waals surface area (Å²) in [7, 11) is 0. The Labute approximate surface area is 167 Å². The number of halogens is 2. The van der Waals surface area contributed by atoms with Crippen LogP contribution in [0, 0.1) is 11.7 Å². The summed E-state index contributed by atoms with van der Waals surface area (Å²) >= 11 is 5.93. The molecule has 9 heteroatoms. The third-order valence-electron chi connectivity index (χ3n) is 4.65. The maximum atomic E-state index is 13.7. The Hall–Kier alpha value is -2.61. The average Bonchev–Trinajstić information content (AvgIpc) is 3.05. The van der Waals surface area contributed by atoms with Crippen molar-refractivity contribution < 1.29 is 18.7 Å². The number of nitrogens with zero attached hydrogens (tertiary/aromatic N) is 1. The van der Waals surface area contributed by atoms with Crippen molar-refractivity contribution in [3.8, 4) is 0 Å². The van der Waals surface area contributed by atoms with Gasteiger partial charge in [-0.2, -0.15) is 5.10 Å². The number of aromatic amines is 1. The zero-order valence-corrected chi connectivity index (χ0v) is 16.3. The summed E-state index contributed by atoms with van der Waals surface area (Å²) in [6.07, 6.45) is 0.455. The van der Waals surface area contributed by atoms with Crippen LogP contribution in [0.5, 0.6) is 0 Å². The molecule has 0 unspecified atom stereocenters. The second kappa shape index (κ2) is 8.60. The molecule has 3 N–H and O–H groups in total. The molecule has 0 spiro atoms. The van der Waals surface area contributed by atoms with Gasteiger partial charge in [-0.15, -0.1) is 0 Å². The fraction of sp³-hybridized carbons (Fsp3) is 0.421. The van der Waals surface area contributed by atoms with Gasteiger partial charge in [-0.05, 0) is 25.0 Å². The number of alkyl carbamates (subject to hydrolysis) is 1. The number of nitrogens with one attached hydrogen (secondary N) is 3. The number of anilines is 1. The number of carbonyl (C=O) groups excluding carboxylic acids is 2. The van der Waals surface area contributed by atoms with E-state index in [1.165, 1.54) is 12.1 Å². The van der Waals surface area contributed by atoms with Crippen molar-refractivity contribution in [1.82, 2.24) is 15.5 Å². The molecule has 0 aliphatic heterocycles. The van der Waals surface area contributed by atoms with Gasteiger partial charge in [0.05, 0.1) is 6.54 Å². The topological polar surface area (TPSA) is 96.1 Å². The van der Waals surface area contributed by atoms with E-state index in [0.29, 0.717) is 18.7 Å². The molecular formula is C19H22ClFN4O3. The van der Waals surface area contributed by atoms with Gasteiger partial charge in [0, 0.05) is 34.2 Å². The minimum atomic E-state index is -0.614. The molecule has 7 nitrogen and oxygen atoms in total. The van der Waals surface area contributed by atoms with Crippen LogP contribution in [-0.2, 0) is 16.1 Å². The normalized spacial score (nSPS) is 18.5. The van der Waals surface area contributed by atoms with E-state index in [4.69, 9.17) is 16.3 Å². The first kappa shape index (κ1) is 20.1. The van der Waals surface area contributed by atoms with Crippen molar-refractivity contribution >= 4 is 29.4 Å². The molecule has 28 heavy (non-hydrogen) atoms. The Morgan fingerprint density at radius 3 is 2.82 bits per heavy atom. The third-order valence-corrected chi connectivity index (χ3v) is 5.01. The van der Waals surface area contributed by atoms with Crippen LogP contribution >= 0.6 is 11.6 Å². The van der Waals surface area contributed by atoms with Crippen molar-refractivity contribution in [3.05, 3.63) is 46.4 Å². The molecule has 0 atom stereocenters. The number of hydrogen-bond donors (Lipinski definition) is 3. The van der Waals surface area contributed by atoms with Gasteiger partial charge in [0.2, 0.25) is 5.91 Å². The maximum absolute atomic E-state index is 13.7. The summed E-state index contributed by atoms with van der Waals surface area (Å²) in [4.78, 5) is 23.6. The van der Waals surface area contributed by atoms with E-state index in [1.807, 2.05) is 13.8 Å². The highest BCUT2D eigenvalue weighted by Gasteiger charge is 2.34. The third kappa shape index (κ3) is 4.81. The van der Waals surface area contributed by atoms with Crippen LogP contribution in [-0.4, -0.2) is 28.3 Å². The van der Waals surface area contributed by atoms with E-state index in [-0.39, 0.29) is 41.0 Å². The Morgan fingerprint density at radius 2 is 2.14 bits per heavy atom. The van der Waals surface area contributed by atoms with E-state index < -0.39 is 11.9 Å². The average molecular weight is 409 g/mol. The van der Waals surface area contributed by atoms with Gasteiger partial charge in [0.1, 0.15) is 11.9 Å². The number of benzene rings is 1. The van der Waals surface area contributed by atoms with Gasteiger partial charge < -0.3 is 15.4 Å². The van der Waals surface area contributed by atoms with Crippen molar-refractivity contribution in [3.63, 3.8) is 0 Å². The Morgan fingerprint density at radius 1 is 1.39 bits per heavy atom. The van der Waals surface area contributed by atoms with Crippen molar-refractivity contribution in [2.24, 2.45) is 5.92 Å². The van der Waals surface area contributed by atoms with E-state index in [0.717, 1.165) is 5.69 Å². The van der Waals surface area contributed by atoms with Crippen LogP contribution in [0.1, 0.15) is 43.9 Å². The Bertz CT molecular complexity index is 844. The van der Waals surface area contributed by atoms with E-state index in [1.54, 1.807) is 12.1 Å². The molecule has 1 fully saturated rings. The lowest BCUT2D eigenvalue weighted by atomic mass is 9.80. The zero-order chi connectivity index (χ0) is 20.3. The smallest absolute Gasteiger partial charge is 0.407 e. The molecule has 0 radical (unpaired) electrons. The predicted octanol–water partition coefficient (Wildman–Crippen LogP) is 3.97. The Kier molecular flexibility index (Phi) is 6.18. The molecule has 1 aliphatic rings. The number of ether oxygens (including phenoxy) is 1. The molecule has 2 amide bonds. The molecule has 2 aromatic rings. The lowest BCUT2D eigenvalue weighted by molar-refractivity contribution is -0.118. The van der Waals surface area contributed by atoms with Gasteiger partial charge in [-0.25, -0.2) is 9.18 Å². The highest BCUT2D eigenvalue weighted by atomic mass is 35.5. The summed E-state index contributed by atoms with van der Waals surface area (Å²) in [5.41, 5.74) is 1.11. The predicted molar refractivity (Wildman–Crippen MR) is 103 cm³/mol. The van der Waals surface area contributed by atoms with Gasteiger partial charge in [0.15, 0.2) is 5.82 Å². The van der Waals surface area contributed by atoms with E-state index in [9.17, 15) is 14.0 Å². The lowest BCUT2D eigenvalue weighted by Crippen LogP contribution is -2.36. The largest absolute Gasteiger partial charge is 0.446 e. The Balaban J connectivity index is 1.42. The maximum Gasteiger partial charge on any atom is 0.407 e. The summed E-state index contributed by atoms with van der Waals surface area (Å²) in [5.74, 6) is -0.0383. The SMILES string of the molecule is CC(C)C(=O)Nc1cc(C2CC(OC(=O)NCc3c(F)cccc3Cl)C2)[nH]n1. The van der Waals surface area contributed by atoms with Crippen molar-refractivity contribution in [1.29, 1.82) is 0 Å². The molecule has 1 aliphatic carbocycles. The number of rotatable bonds is 6. The van der Waals surface area contributed by atoms with Gasteiger partial charge >= 0.3 is 6.09 Å². The highest BCUT2D eigenvalue weighted by Crippen LogP contribution is 2.38. The molecule has 1 heterocycles. The number of carbonyl (C=O) groups is 2. The van der Waals surface area contributed by atoms with Crippen LogP contribution < -0.4 is 10.6 Å². The first-order valence-electron chi connectivity index (χ1n) is 9.07. The molecule has 1 aromatic carbocycles. The molecule has 1 aromatic heterocycles. The zero-order valence-electron chi connectivity index (χ0n) is 15.6. The van der Waals surface area contributed by atoms with Gasteiger partial charge in [-0.3, -0.25) is 9.89 Å². The minimum absolute atomic E-state index is 0.0417. The van der Waals surface area contributed by atoms with Crippen LogP contribution in [0.3, 0.4) is 0 Å². The van der Waals surface area contributed by atoms with E-state index >= 15 is 0 Å². The lowest BCUT2D eigenvalue weighted by Gasteiger charge is -2.33. The summed E-state index contributed by atoms with van der Waals surface area (Å²) in [6.45, 7) is 3.57. The fourth-order valence-corrected chi connectivity index (χ4v) is 3.08. The number of aromatic nitrogens is 2. The first-order valence-corrected chi connectivity index (χ1v) is 9.44.